The van der Waals surface area contributed by atoms with E-state index in [-0.39, 0.29) is 24.1 Å². The van der Waals surface area contributed by atoms with Gasteiger partial charge in [-0.2, -0.15) is 0 Å². The molecule has 2 fully saturated rings. The summed E-state index contributed by atoms with van der Waals surface area (Å²) < 4.78 is 25.8. The summed E-state index contributed by atoms with van der Waals surface area (Å²) in [6.07, 6.45) is 6.90. The Bertz CT molecular complexity index is 685. The fraction of sp³-hybridized carbons (Fsp3) is 0.444. The zero-order valence-corrected chi connectivity index (χ0v) is 13.3. The van der Waals surface area contributed by atoms with E-state index in [0.717, 1.165) is 31.5 Å². The molecule has 6 heteroatoms. The van der Waals surface area contributed by atoms with Gasteiger partial charge in [-0.25, -0.2) is 9.37 Å². The maximum atomic E-state index is 13.9. The summed E-state index contributed by atoms with van der Waals surface area (Å²) in [5, 5.41) is 0. The summed E-state index contributed by atoms with van der Waals surface area (Å²) in [4.78, 5) is 10.6. The molecule has 24 heavy (non-hydrogen) atoms. The standard InChI is InChI=1S/C18H20FN3O2/c19-14-4-2-8-21-18(14)24-17-15-5-6-16(17)23-10-9-22(15)12-13-3-1-7-20-11-13/h1-4,7-8,11,15-17H,5-6,9-10,12H2/t15-,16-,17-/m1/s1. The van der Waals surface area contributed by atoms with E-state index < -0.39 is 5.82 Å². The molecule has 3 atom stereocenters. The predicted molar refractivity (Wildman–Crippen MR) is 86.0 cm³/mol. The van der Waals surface area contributed by atoms with Crippen molar-refractivity contribution in [1.29, 1.82) is 0 Å². The third-order valence-corrected chi connectivity index (χ3v) is 4.75. The number of ether oxygens (including phenoxy) is 2. The summed E-state index contributed by atoms with van der Waals surface area (Å²) in [6, 6.07) is 7.14. The van der Waals surface area contributed by atoms with Gasteiger partial charge in [-0.15, -0.1) is 0 Å². The van der Waals surface area contributed by atoms with Crippen LogP contribution >= 0.6 is 0 Å². The van der Waals surface area contributed by atoms with E-state index in [2.05, 4.69) is 20.9 Å². The van der Waals surface area contributed by atoms with Crippen LogP contribution in [0.1, 0.15) is 18.4 Å². The van der Waals surface area contributed by atoms with E-state index >= 15 is 0 Å². The smallest absolute Gasteiger partial charge is 0.250 e. The topological polar surface area (TPSA) is 47.5 Å². The van der Waals surface area contributed by atoms with Gasteiger partial charge in [0.1, 0.15) is 6.10 Å². The lowest BCUT2D eigenvalue weighted by atomic mass is 10.1. The summed E-state index contributed by atoms with van der Waals surface area (Å²) in [5.74, 6) is -0.369. The molecule has 2 aromatic heterocycles. The Labute approximate surface area is 140 Å². The predicted octanol–water partition coefficient (Wildman–Crippen LogP) is 2.43. The summed E-state index contributed by atoms with van der Waals surface area (Å²) >= 11 is 0. The van der Waals surface area contributed by atoms with Crippen molar-refractivity contribution in [2.45, 2.75) is 37.6 Å². The van der Waals surface area contributed by atoms with Crippen molar-refractivity contribution in [3.05, 3.63) is 54.2 Å². The van der Waals surface area contributed by atoms with Crippen LogP contribution in [0.5, 0.6) is 5.88 Å². The van der Waals surface area contributed by atoms with E-state index in [4.69, 9.17) is 9.47 Å². The normalized spacial score (nSPS) is 27.0. The van der Waals surface area contributed by atoms with Crippen molar-refractivity contribution < 1.29 is 13.9 Å². The minimum atomic E-state index is -0.431. The Morgan fingerprint density at radius 1 is 1.25 bits per heavy atom. The first-order valence-electron chi connectivity index (χ1n) is 8.33. The van der Waals surface area contributed by atoms with Gasteiger partial charge in [-0.3, -0.25) is 9.88 Å². The van der Waals surface area contributed by atoms with Gasteiger partial charge in [0.05, 0.1) is 12.7 Å². The molecule has 2 aliphatic rings. The fourth-order valence-electron chi connectivity index (χ4n) is 3.63. The molecule has 0 radical (unpaired) electrons. The summed E-state index contributed by atoms with van der Waals surface area (Å²) in [7, 11) is 0. The fourth-order valence-corrected chi connectivity index (χ4v) is 3.63. The Balaban J connectivity index is 1.54. The number of pyridine rings is 2. The first kappa shape index (κ1) is 15.5. The van der Waals surface area contributed by atoms with Crippen molar-refractivity contribution in [2.75, 3.05) is 13.2 Å². The van der Waals surface area contributed by atoms with Crippen LogP contribution in [0.2, 0.25) is 0 Å². The van der Waals surface area contributed by atoms with E-state index in [1.54, 1.807) is 18.5 Å². The quantitative estimate of drug-likeness (QED) is 0.862. The third-order valence-electron chi connectivity index (χ3n) is 4.75. The van der Waals surface area contributed by atoms with Gasteiger partial charge in [0.15, 0.2) is 5.82 Å². The van der Waals surface area contributed by atoms with E-state index in [9.17, 15) is 4.39 Å². The lowest BCUT2D eigenvalue weighted by Crippen LogP contribution is -2.44. The molecule has 2 aromatic rings. The van der Waals surface area contributed by atoms with Crippen LogP contribution in [0.25, 0.3) is 0 Å². The highest BCUT2D eigenvalue weighted by atomic mass is 19.1. The van der Waals surface area contributed by atoms with Crippen LogP contribution in [0.3, 0.4) is 0 Å². The highest BCUT2D eigenvalue weighted by Crippen LogP contribution is 2.33. The molecule has 0 amide bonds. The minimum Gasteiger partial charge on any atom is -0.468 e. The molecule has 1 aliphatic heterocycles. The minimum absolute atomic E-state index is 0.00435. The molecule has 0 aromatic carbocycles. The zero-order chi connectivity index (χ0) is 16.4. The lowest BCUT2D eigenvalue weighted by molar-refractivity contribution is 0.000138. The van der Waals surface area contributed by atoms with Crippen molar-refractivity contribution in [3.63, 3.8) is 0 Å². The number of rotatable bonds is 4. The van der Waals surface area contributed by atoms with Gasteiger partial charge in [0.25, 0.3) is 5.88 Å². The van der Waals surface area contributed by atoms with Crippen LogP contribution in [-0.2, 0) is 11.3 Å². The first-order valence-corrected chi connectivity index (χ1v) is 8.33. The lowest BCUT2D eigenvalue weighted by Gasteiger charge is -2.31. The Morgan fingerprint density at radius 2 is 2.17 bits per heavy atom. The Hall–Kier alpha value is -2.05. The van der Waals surface area contributed by atoms with E-state index in [1.165, 1.54) is 6.07 Å². The SMILES string of the molecule is Fc1cccnc1O[C@@H]1[C@H]2CC[C@H]1OCCN2Cc1cccnc1. The van der Waals surface area contributed by atoms with E-state index in [1.807, 2.05) is 12.3 Å². The monoisotopic (exact) mass is 329 g/mol. The maximum absolute atomic E-state index is 13.9. The van der Waals surface area contributed by atoms with Crippen molar-refractivity contribution in [3.8, 4) is 5.88 Å². The molecule has 0 unspecified atom stereocenters. The molecule has 1 saturated heterocycles. The van der Waals surface area contributed by atoms with E-state index in [0.29, 0.717) is 6.61 Å². The molecule has 0 N–H and O–H groups in total. The highest BCUT2D eigenvalue weighted by Gasteiger charge is 2.44. The largest absolute Gasteiger partial charge is 0.468 e. The molecule has 1 aliphatic carbocycles. The number of fused-ring (bicyclic) bond motifs is 2. The molecule has 2 bridgehead atoms. The number of nitrogens with zero attached hydrogens (tertiary/aromatic N) is 3. The third kappa shape index (κ3) is 3.12. The molecule has 0 spiro atoms. The number of halogens is 1. The van der Waals surface area contributed by atoms with Gasteiger partial charge in [-0.05, 0) is 36.6 Å². The van der Waals surface area contributed by atoms with Crippen LogP contribution in [0.15, 0.2) is 42.9 Å². The maximum Gasteiger partial charge on any atom is 0.250 e. The average molecular weight is 329 g/mol. The second kappa shape index (κ2) is 6.83. The summed E-state index contributed by atoms with van der Waals surface area (Å²) in [5.41, 5.74) is 1.16. The average Bonchev–Trinajstić information content (AvgIpc) is 2.91. The molecule has 126 valence electrons. The van der Waals surface area contributed by atoms with Crippen molar-refractivity contribution in [2.24, 2.45) is 0 Å². The van der Waals surface area contributed by atoms with Gasteiger partial charge in [0.2, 0.25) is 0 Å². The van der Waals surface area contributed by atoms with Gasteiger partial charge >= 0.3 is 0 Å². The van der Waals surface area contributed by atoms with Crippen LogP contribution in [-0.4, -0.2) is 46.3 Å². The van der Waals surface area contributed by atoms with Crippen LogP contribution in [0.4, 0.5) is 4.39 Å². The zero-order valence-electron chi connectivity index (χ0n) is 13.3. The van der Waals surface area contributed by atoms with Crippen LogP contribution < -0.4 is 4.74 Å². The molecular weight excluding hydrogens is 309 g/mol. The van der Waals surface area contributed by atoms with Crippen molar-refractivity contribution in [1.82, 2.24) is 14.9 Å². The molecule has 4 rings (SSSR count). The van der Waals surface area contributed by atoms with Crippen LogP contribution in [0, 0.1) is 5.82 Å². The van der Waals surface area contributed by atoms with Gasteiger partial charge in [-0.1, -0.05) is 6.07 Å². The second-order valence-corrected chi connectivity index (χ2v) is 6.26. The number of hydrogen-bond donors (Lipinski definition) is 0. The Morgan fingerprint density at radius 3 is 3.00 bits per heavy atom. The van der Waals surface area contributed by atoms with Crippen molar-refractivity contribution >= 4 is 0 Å². The second-order valence-electron chi connectivity index (χ2n) is 6.26. The number of aromatic nitrogens is 2. The summed E-state index contributed by atoms with van der Waals surface area (Å²) in [6.45, 7) is 2.28. The van der Waals surface area contributed by atoms with Gasteiger partial charge in [0, 0.05) is 37.7 Å². The molecule has 5 nitrogen and oxygen atoms in total. The number of hydrogen-bond acceptors (Lipinski definition) is 5. The molecule has 3 heterocycles. The Kier molecular flexibility index (Phi) is 4.40. The molecular formula is C18H20FN3O2. The highest BCUT2D eigenvalue weighted by molar-refractivity contribution is 5.15. The molecule has 1 saturated carbocycles. The van der Waals surface area contributed by atoms with Gasteiger partial charge < -0.3 is 9.47 Å². The first-order chi connectivity index (χ1) is 11.8.